The van der Waals surface area contributed by atoms with E-state index in [1.807, 2.05) is 37.2 Å². The number of nitrogens with one attached hydrogen (secondary N) is 1. The summed E-state index contributed by atoms with van der Waals surface area (Å²) in [6, 6.07) is 17.3. The zero-order chi connectivity index (χ0) is 18.7. The molecule has 1 N–H and O–H groups in total. The molecule has 0 saturated heterocycles. The van der Waals surface area contributed by atoms with Crippen LogP contribution in [0.4, 0.5) is 11.4 Å². The molecule has 0 bridgehead atoms. The van der Waals surface area contributed by atoms with Crippen molar-refractivity contribution in [3.8, 4) is 0 Å². The fourth-order valence-electron chi connectivity index (χ4n) is 2.82. The summed E-state index contributed by atoms with van der Waals surface area (Å²) in [6.07, 6.45) is 0. The summed E-state index contributed by atoms with van der Waals surface area (Å²) in [7, 11) is 0.148. The second kappa shape index (κ2) is 7.23. The Morgan fingerprint density at radius 3 is 2.23 bits per heavy atom. The number of nitrogens with zero attached hydrogens (tertiary/aromatic N) is 2. The first-order chi connectivity index (χ1) is 12.4. The van der Waals surface area contributed by atoms with Crippen molar-refractivity contribution in [3.05, 3.63) is 71.1 Å². The SMILES string of the molecule is CN(C)c1cccc2c(S(=O)(=O)NCc3ccc(N=O)cc3)cccc12. The maximum absolute atomic E-state index is 12.8. The van der Waals surface area contributed by atoms with Crippen molar-refractivity contribution in [2.45, 2.75) is 11.4 Å². The van der Waals surface area contributed by atoms with Crippen molar-refractivity contribution in [3.63, 3.8) is 0 Å². The highest BCUT2D eigenvalue weighted by Crippen LogP contribution is 2.30. The zero-order valence-corrected chi connectivity index (χ0v) is 15.3. The van der Waals surface area contributed by atoms with Gasteiger partial charge in [0.15, 0.2) is 0 Å². The highest BCUT2D eigenvalue weighted by Gasteiger charge is 2.18. The molecule has 3 rings (SSSR count). The van der Waals surface area contributed by atoms with E-state index in [2.05, 4.69) is 9.90 Å². The molecule has 6 nitrogen and oxygen atoms in total. The largest absolute Gasteiger partial charge is 0.377 e. The Labute approximate surface area is 152 Å². The van der Waals surface area contributed by atoms with Crippen LogP contribution in [0.2, 0.25) is 0 Å². The van der Waals surface area contributed by atoms with Gasteiger partial charge in [0.25, 0.3) is 0 Å². The smallest absolute Gasteiger partial charge is 0.241 e. The van der Waals surface area contributed by atoms with Crippen LogP contribution >= 0.6 is 0 Å². The first-order valence-electron chi connectivity index (χ1n) is 8.03. The molecule has 0 spiro atoms. The van der Waals surface area contributed by atoms with Gasteiger partial charge in [-0.2, -0.15) is 0 Å². The molecule has 0 fully saturated rings. The maximum atomic E-state index is 12.8. The lowest BCUT2D eigenvalue weighted by Crippen LogP contribution is -2.23. The van der Waals surface area contributed by atoms with Gasteiger partial charge in [-0.1, -0.05) is 36.4 Å². The number of sulfonamides is 1. The highest BCUT2D eigenvalue weighted by molar-refractivity contribution is 7.89. The van der Waals surface area contributed by atoms with E-state index in [1.54, 1.807) is 42.5 Å². The predicted octanol–water partition coefficient (Wildman–Crippen LogP) is 3.78. The Morgan fingerprint density at radius 2 is 1.58 bits per heavy atom. The monoisotopic (exact) mass is 369 g/mol. The van der Waals surface area contributed by atoms with Gasteiger partial charge in [-0.05, 0) is 35.0 Å². The van der Waals surface area contributed by atoms with Crippen LogP contribution in [0.25, 0.3) is 10.8 Å². The van der Waals surface area contributed by atoms with Crippen LogP contribution in [0.15, 0.2) is 70.7 Å². The first-order valence-corrected chi connectivity index (χ1v) is 9.52. The Kier molecular flexibility index (Phi) is 5.01. The normalized spacial score (nSPS) is 11.5. The van der Waals surface area contributed by atoms with Gasteiger partial charge in [0.1, 0.15) is 5.69 Å². The van der Waals surface area contributed by atoms with Crippen molar-refractivity contribution in [2.24, 2.45) is 5.18 Å². The molecule has 0 radical (unpaired) electrons. The minimum atomic E-state index is -3.70. The molecule has 0 unspecified atom stereocenters. The van der Waals surface area contributed by atoms with E-state index in [4.69, 9.17) is 0 Å². The molecular formula is C19H19N3O3S. The summed E-state index contributed by atoms with van der Waals surface area (Å²) in [6.45, 7) is 0.130. The van der Waals surface area contributed by atoms with Crippen LogP contribution in [0.1, 0.15) is 5.56 Å². The third-order valence-electron chi connectivity index (χ3n) is 4.14. The third kappa shape index (κ3) is 3.58. The average Bonchev–Trinajstić information content (AvgIpc) is 2.65. The van der Waals surface area contributed by atoms with Gasteiger partial charge in [-0.15, -0.1) is 4.91 Å². The Morgan fingerprint density at radius 1 is 0.923 bits per heavy atom. The molecule has 0 aliphatic heterocycles. The van der Waals surface area contributed by atoms with Crippen molar-refractivity contribution in [1.82, 2.24) is 4.72 Å². The zero-order valence-electron chi connectivity index (χ0n) is 14.5. The minimum absolute atomic E-state index is 0.130. The fourth-order valence-corrected chi connectivity index (χ4v) is 4.06. The third-order valence-corrected chi connectivity index (χ3v) is 5.60. The van der Waals surface area contributed by atoms with E-state index in [9.17, 15) is 13.3 Å². The van der Waals surface area contributed by atoms with Gasteiger partial charge in [0.2, 0.25) is 10.0 Å². The van der Waals surface area contributed by atoms with Gasteiger partial charge >= 0.3 is 0 Å². The fraction of sp³-hybridized carbons (Fsp3) is 0.158. The number of anilines is 1. The summed E-state index contributed by atoms with van der Waals surface area (Å²) < 4.78 is 28.3. The molecule has 0 aliphatic carbocycles. The van der Waals surface area contributed by atoms with E-state index >= 15 is 0 Å². The molecule has 0 aliphatic rings. The molecule has 0 saturated carbocycles. The number of hydrogen-bond donors (Lipinski definition) is 1. The van der Waals surface area contributed by atoms with Gasteiger partial charge < -0.3 is 4.90 Å². The first kappa shape index (κ1) is 18.0. The van der Waals surface area contributed by atoms with E-state index < -0.39 is 10.0 Å². The topological polar surface area (TPSA) is 78.8 Å². The van der Waals surface area contributed by atoms with Gasteiger partial charge in [0, 0.05) is 37.1 Å². The lowest BCUT2D eigenvalue weighted by Gasteiger charge is -2.17. The maximum Gasteiger partial charge on any atom is 0.241 e. The summed E-state index contributed by atoms with van der Waals surface area (Å²) in [5.74, 6) is 0. The van der Waals surface area contributed by atoms with Crippen LogP contribution < -0.4 is 9.62 Å². The van der Waals surface area contributed by atoms with Crippen molar-refractivity contribution < 1.29 is 8.42 Å². The van der Waals surface area contributed by atoms with Gasteiger partial charge in [-0.25, -0.2) is 13.1 Å². The second-order valence-electron chi connectivity index (χ2n) is 6.11. The summed E-state index contributed by atoms with van der Waals surface area (Å²) in [5, 5.41) is 4.38. The summed E-state index contributed by atoms with van der Waals surface area (Å²) in [4.78, 5) is 12.6. The minimum Gasteiger partial charge on any atom is -0.377 e. The van der Waals surface area contributed by atoms with Crippen LogP contribution in [0, 0.1) is 4.91 Å². The van der Waals surface area contributed by atoms with Crippen LogP contribution in [0.5, 0.6) is 0 Å². The number of nitroso groups, excluding NO2 is 1. The second-order valence-corrected chi connectivity index (χ2v) is 7.84. The van der Waals surface area contributed by atoms with E-state index in [1.165, 1.54) is 0 Å². The molecule has 134 valence electrons. The Hall–Kier alpha value is -2.77. The average molecular weight is 369 g/mol. The lowest BCUT2D eigenvalue weighted by molar-refractivity contribution is 0.582. The molecular weight excluding hydrogens is 350 g/mol. The molecule has 3 aromatic carbocycles. The number of benzene rings is 3. The molecule has 0 aromatic heterocycles. The van der Waals surface area contributed by atoms with Crippen molar-refractivity contribution >= 4 is 32.2 Å². The van der Waals surface area contributed by atoms with E-state index in [0.717, 1.165) is 16.6 Å². The quantitative estimate of drug-likeness (QED) is 0.671. The van der Waals surface area contributed by atoms with Crippen LogP contribution in [-0.2, 0) is 16.6 Å². The van der Waals surface area contributed by atoms with Crippen LogP contribution in [0.3, 0.4) is 0 Å². The summed E-state index contributed by atoms with van der Waals surface area (Å²) >= 11 is 0. The van der Waals surface area contributed by atoms with Crippen molar-refractivity contribution in [2.75, 3.05) is 19.0 Å². The molecule has 7 heteroatoms. The molecule has 26 heavy (non-hydrogen) atoms. The molecule has 0 amide bonds. The highest BCUT2D eigenvalue weighted by atomic mass is 32.2. The van der Waals surface area contributed by atoms with E-state index in [-0.39, 0.29) is 11.4 Å². The number of rotatable bonds is 6. The Balaban J connectivity index is 1.93. The Bertz CT molecular complexity index is 1050. The van der Waals surface area contributed by atoms with Crippen LogP contribution in [-0.4, -0.2) is 22.5 Å². The predicted molar refractivity (Wildman–Crippen MR) is 104 cm³/mol. The number of hydrogen-bond acceptors (Lipinski definition) is 5. The summed E-state index contributed by atoms with van der Waals surface area (Å²) in [5.41, 5.74) is 2.01. The van der Waals surface area contributed by atoms with E-state index in [0.29, 0.717) is 11.1 Å². The molecule has 3 aromatic rings. The van der Waals surface area contributed by atoms with Gasteiger partial charge in [0.05, 0.1) is 4.90 Å². The number of fused-ring (bicyclic) bond motifs is 1. The van der Waals surface area contributed by atoms with Crippen molar-refractivity contribution in [1.29, 1.82) is 0 Å². The molecule has 0 atom stereocenters. The molecule has 0 heterocycles. The van der Waals surface area contributed by atoms with Gasteiger partial charge in [-0.3, -0.25) is 0 Å². The lowest BCUT2D eigenvalue weighted by atomic mass is 10.1. The standard InChI is InChI=1S/C19H19N3O3S/c1-22(2)18-7-3-6-17-16(18)5-4-8-19(17)26(24,25)20-13-14-9-11-15(21-23)12-10-14/h3-12,20H,13H2,1-2H3.